The molecule has 1 aromatic heterocycles. The highest BCUT2D eigenvalue weighted by Crippen LogP contribution is 2.27. The summed E-state index contributed by atoms with van der Waals surface area (Å²) in [5, 5.41) is 10.6. The summed E-state index contributed by atoms with van der Waals surface area (Å²) in [5.41, 5.74) is 1.45. The Kier molecular flexibility index (Phi) is 6.81. The van der Waals surface area contributed by atoms with Crippen molar-refractivity contribution in [2.75, 3.05) is 6.54 Å². The molecule has 0 saturated carbocycles. The van der Waals surface area contributed by atoms with E-state index in [4.69, 9.17) is 4.42 Å². The maximum Gasteiger partial charge on any atom is 0.277 e. The van der Waals surface area contributed by atoms with Gasteiger partial charge >= 0.3 is 0 Å². The van der Waals surface area contributed by atoms with E-state index in [9.17, 15) is 9.18 Å². The van der Waals surface area contributed by atoms with E-state index in [-0.39, 0.29) is 28.5 Å². The van der Waals surface area contributed by atoms with E-state index in [1.54, 1.807) is 25.1 Å². The molecule has 0 aliphatic rings. The number of carbonyl (C=O) groups is 1. The van der Waals surface area contributed by atoms with Gasteiger partial charge in [0.25, 0.3) is 11.1 Å². The third kappa shape index (κ3) is 4.98. The topological polar surface area (TPSA) is 68.0 Å². The molecule has 0 spiro atoms. The van der Waals surface area contributed by atoms with E-state index in [1.807, 2.05) is 18.2 Å². The lowest BCUT2D eigenvalue weighted by Crippen LogP contribution is -2.34. The normalized spacial score (nSPS) is 13.1. The molecule has 0 fully saturated rings. The summed E-state index contributed by atoms with van der Waals surface area (Å²) in [6.07, 6.45) is 0.932. The zero-order valence-corrected chi connectivity index (χ0v) is 16.6. The minimum Gasteiger partial charge on any atom is -0.411 e. The highest BCUT2D eigenvalue weighted by Gasteiger charge is 2.20. The molecular weight excluding hydrogens is 377 g/mol. The molecule has 5 nitrogen and oxygen atoms in total. The first kappa shape index (κ1) is 20.1. The van der Waals surface area contributed by atoms with Crippen LogP contribution in [0.1, 0.15) is 31.7 Å². The molecule has 1 heterocycles. The number of aromatic nitrogens is 2. The molecule has 1 N–H and O–H groups in total. The first-order chi connectivity index (χ1) is 13.6. The van der Waals surface area contributed by atoms with Crippen LogP contribution in [0.15, 0.2) is 64.2 Å². The van der Waals surface area contributed by atoms with Gasteiger partial charge in [-0.1, -0.05) is 61.2 Å². The summed E-state index contributed by atoms with van der Waals surface area (Å²) in [5.74, 6) is -0.174. The van der Waals surface area contributed by atoms with Crippen molar-refractivity contribution in [3.05, 3.63) is 66.0 Å². The zero-order valence-electron chi connectivity index (χ0n) is 15.8. The lowest BCUT2D eigenvalue weighted by Gasteiger charge is -2.17. The van der Waals surface area contributed by atoms with Crippen molar-refractivity contribution in [3.8, 4) is 11.5 Å². The minimum absolute atomic E-state index is 0.100. The summed E-state index contributed by atoms with van der Waals surface area (Å²) in [7, 11) is 0. The Bertz CT molecular complexity index is 917. The van der Waals surface area contributed by atoms with Crippen molar-refractivity contribution in [1.82, 2.24) is 15.5 Å². The number of hydrogen-bond donors (Lipinski definition) is 1. The van der Waals surface area contributed by atoms with Gasteiger partial charge < -0.3 is 9.73 Å². The molecular formula is C21H22FN3O2S. The average Bonchev–Trinajstić information content (AvgIpc) is 3.17. The molecule has 7 heteroatoms. The van der Waals surface area contributed by atoms with Crippen LogP contribution in [0, 0.1) is 5.82 Å². The van der Waals surface area contributed by atoms with Crippen molar-refractivity contribution in [3.63, 3.8) is 0 Å². The Morgan fingerprint density at radius 1 is 1.14 bits per heavy atom. The predicted molar refractivity (Wildman–Crippen MR) is 107 cm³/mol. The summed E-state index contributed by atoms with van der Waals surface area (Å²) in [6, 6.07) is 16.3. The monoisotopic (exact) mass is 399 g/mol. The fraction of sp³-hybridized carbons (Fsp3) is 0.286. The van der Waals surface area contributed by atoms with Gasteiger partial charge in [0.2, 0.25) is 5.91 Å². The molecule has 0 aliphatic heterocycles. The second-order valence-corrected chi connectivity index (χ2v) is 7.67. The number of nitrogens with one attached hydrogen (secondary N) is 1. The number of thioether (sulfide) groups is 1. The van der Waals surface area contributed by atoms with E-state index >= 15 is 0 Å². The third-order valence-corrected chi connectivity index (χ3v) is 5.38. The molecule has 0 saturated heterocycles. The fourth-order valence-corrected chi connectivity index (χ4v) is 3.50. The van der Waals surface area contributed by atoms with Gasteiger partial charge in [-0.3, -0.25) is 4.79 Å². The minimum atomic E-state index is -0.431. The van der Waals surface area contributed by atoms with Crippen molar-refractivity contribution in [2.24, 2.45) is 0 Å². The van der Waals surface area contributed by atoms with Crippen LogP contribution in [-0.4, -0.2) is 27.9 Å². The Labute approximate surface area is 167 Å². The SMILES string of the molecule is CC[C@H](CNC(=O)[C@H](C)Sc1nnc(-c2ccccc2F)o1)c1ccccc1. The number of nitrogens with zero attached hydrogens (tertiary/aromatic N) is 2. The van der Waals surface area contributed by atoms with Gasteiger partial charge in [0.05, 0.1) is 10.8 Å². The largest absolute Gasteiger partial charge is 0.411 e. The summed E-state index contributed by atoms with van der Waals surface area (Å²) in [6.45, 7) is 4.44. The number of carbonyl (C=O) groups excluding carboxylic acids is 1. The van der Waals surface area contributed by atoms with Gasteiger partial charge in [-0.2, -0.15) is 0 Å². The van der Waals surface area contributed by atoms with Crippen LogP contribution < -0.4 is 5.32 Å². The Balaban J connectivity index is 1.57. The van der Waals surface area contributed by atoms with E-state index in [0.717, 1.165) is 18.2 Å². The van der Waals surface area contributed by atoms with Gasteiger partial charge in [-0.15, -0.1) is 10.2 Å². The highest BCUT2D eigenvalue weighted by atomic mass is 32.2. The standard InChI is InChI=1S/C21H22FN3O2S/c1-3-15(16-9-5-4-6-10-16)13-23-19(26)14(2)28-21-25-24-20(27-21)17-11-7-8-12-18(17)22/h4-12,14-15H,3,13H2,1-2H3,(H,23,26)/t14-,15+/m0/s1. The Morgan fingerprint density at radius 3 is 2.57 bits per heavy atom. The molecule has 2 aromatic carbocycles. The van der Waals surface area contributed by atoms with Gasteiger partial charge in [0.1, 0.15) is 5.82 Å². The van der Waals surface area contributed by atoms with Crippen LogP contribution in [0.4, 0.5) is 4.39 Å². The number of halogens is 1. The lowest BCUT2D eigenvalue weighted by atomic mass is 9.96. The van der Waals surface area contributed by atoms with Crippen LogP contribution in [0.25, 0.3) is 11.5 Å². The van der Waals surface area contributed by atoms with Crippen LogP contribution >= 0.6 is 11.8 Å². The summed E-state index contributed by atoms with van der Waals surface area (Å²) in [4.78, 5) is 12.4. The first-order valence-electron chi connectivity index (χ1n) is 9.16. The number of hydrogen-bond acceptors (Lipinski definition) is 5. The maximum atomic E-state index is 13.8. The molecule has 0 unspecified atom stereocenters. The molecule has 0 bridgehead atoms. The molecule has 3 rings (SSSR count). The molecule has 3 aromatic rings. The summed E-state index contributed by atoms with van der Waals surface area (Å²) >= 11 is 1.15. The van der Waals surface area contributed by atoms with Gasteiger partial charge in [0, 0.05) is 12.5 Å². The van der Waals surface area contributed by atoms with Crippen molar-refractivity contribution >= 4 is 17.7 Å². The van der Waals surface area contributed by atoms with Crippen LogP contribution in [-0.2, 0) is 4.79 Å². The van der Waals surface area contributed by atoms with Crippen LogP contribution in [0.5, 0.6) is 0 Å². The van der Waals surface area contributed by atoms with Crippen molar-refractivity contribution < 1.29 is 13.6 Å². The van der Waals surface area contributed by atoms with Gasteiger partial charge in [-0.05, 0) is 31.0 Å². The van der Waals surface area contributed by atoms with E-state index in [2.05, 4.69) is 34.6 Å². The smallest absolute Gasteiger partial charge is 0.277 e. The Hall–Kier alpha value is -2.67. The van der Waals surface area contributed by atoms with Crippen molar-refractivity contribution in [1.29, 1.82) is 0 Å². The van der Waals surface area contributed by atoms with E-state index in [1.165, 1.54) is 11.6 Å². The van der Waals surface area contributed by atoms with Gasteiger partial charge in [0.15, 0.2) is 0 Å². The van der Waals surface area contributed by atoms with E-state index < -0.39 is 11.1 Å². The van der Waals surface area contributed by atoms with Crippen molar-refractivity contribution in [2.45, 2.75) is 36.7 Å². The Morgan fingerprint density at radius 2 is 1.86 bits per heavy atom. The maximum absolute atomic E-state index is 13.8. The third-order valence-electron chi connectivity index (χ3n) is 4.44. The summed E-state index contributed by atoms with van der Waals surface area (Å²) < 4.78 is 19.3. The lowest BCUT2D eigenvalue weighted by molar-refractivity contribution is -0.120. The zero-order chi connectivity index (χ0) is 19.9. The number of benzene rings is 2. The predicted octanol–water partition coefficient (Wildman–Crippen LogP) is 4.67. The fourth-order valence-electron chi connectivity index (χ4n) is 2.80. The van der Waals surface area contributed by atoms with Gasteiger partial charge in [-0.25, -0.2) is 4.39 Å². The number of rotatable bonds is 8. The highest BCUT2D eigenvalue weighted by molar-refractivity contribution is 8.00. The first-order valence-corrected chi connectivity index (χ1v) is 10.0. The number of amides is 1. The van der Waals surface area contributed by atoms with Crippen LogP contribution in [0.2, 0.25) is 0 Å². The average molecular weight is 399 g/mol. The van der Waals surface area contributed by atoms with E-state index in [0.29, 0.717) is 6.54 Å². The molecule has 0 radical (unpaired) electrons. The molecule has 2 atom stereocenters. The molecule has 28 heavy (non-hydrogen) atoms. The van der Waals surface area contributed by atoms with Crippen LogP contribution in [0.3, 0.4) is 0 Å². The quantitative estimate of drug-likeness (QED) is 0.558. The second-order valence-electron chi connectivity index (χ2n) is 6.37. The molecule has 0 aliphatic carbocycles. The molecule has 146 valence electrons. The molecule has 1 amide bonds. The second kappa shape index (κ2) is 9.50.